The molecule has 0 bridgehead atoms. The predicted molar refractivity (Wildman–Crippen MR) is 62.9 cm³/mol. The fraction of sp³-hybridized carbons (Fsp3) is 0.818. The minimum Gasteiger partial charge on any atom is -0.383 e. The van der Waals surface area contributed by atoms with Crippen LogP contribution in [0.2, 0.25) is 0 Å². The van der Waals surface area contributed by atoms with Crippen molar-refractivity contribution in [3.05, 3.63) is 11.6 Å². The van der Waals surface area contributed by atoms with Crippen LogP contribution in [-0.2, 0) is 24.2 Å². The Morgan fingerprint density at radius 3 is 2.62 bits per heavy atom. The van der Waals surface area contributed by atoms with Gasteiger partial charge in [-0.1, -0.05) is 20.3 Å². The summed E-state index contributed by atoms with van der Waals surface area (Å²) in [7, 11) is 1.70. The molecule has 0 spiro atoms. The van der Waals surface area contributed by atoms with Crippen molar-refractivity contribution in [2.24, 2.45) is 11.7 Å². The van der Waals surface area contributed by atoms with E-state index >= 15 is 0 Å². The van der Waals surface area contributed by atoms with E-state index in [2.05, 4.69) is 28.6 Å². The average molecular weight is 226 g/mol. The Bertz CT molecular complexity index is 311. The SMILES string of the molecule is CCC(C)Cc1nnc(CN)n1CCOC. The van der Waals surface area contributed by atoms with Crippen molar-refractivity contribution in [2.45, 2.75) is 39.8 Å². The summed E-state index contributed by atoms with van der Waals surface area (Å²) in [5.74, 6) is 2.48. The van der Waals surface area contributed by atoms with E-state index in [0.29, 0.717) is 19.1 Å². The van der Waals surface area contributed by atoms with Crippen molar-refractivity contribution < 1.29 is 4.74 Å². The van der Waals surface area contributed by atoms with Crippen molar-refractivity contribution in [3.8, 4) is 0 Å². The number of hydrogen-bond donors (Lipinski definition) is 1. The first-order chi connectivity index (χ1) is 7.72. The fourth-order valence-electron chi connectivity index (χ4n) is 1.57. The second kappa shape index (κ2) is 6.60. The monoisotopic (exact) mass is 226 g/mol. The number of ether oxygens (including phenoxy) is 1. The van der Waals surface area contributed by atoms with Crippen LogP contribution in [0, 0.1) is 5.92 Å². The number of rotatable bonds is 7. The maximum absolute atomic E-state index is 5.63. The number of methoxy groups -OCH3 is 1. The van der Waals surface area contributed by atoms with E-state index in [0.717, 1.165) is 31.0 Å². The molecule has 0 aromatic carbocycles. The van der Waals surface area contributed by atoms with Gasteiger partial charge < -0.3 is 15.0 Å². The lowest BCUT2D eigenvalue weighted by molar-refractivity contribution is 0.185. The Morgan fingerprint density at radius 1 is 1.38 bits per heavy atom. The van der Waals surface area contributed by atoms with Gasteiger partial charge in [0.25, 0.3) is 0 Å². The minimum atomic E-state index is 0.428. The van der Waals surface area contributed by atoms with Gasteiger partial charge >= 0.3 is 0 Å². The van der Waals surface area contributed by atoms with E-state index in [-0.39, 0.29) is 0 Å². The standard InChI is InChI=1S/C11H22N4O/c1-4-9(2)7-10-13-14-11(8-12)15(10)5-6-16-3/h9H,4-8,12H2,1-3H3. The van der Waals surface area contributed by atoms with Crippen LogP contribution in [0.3, 0.4) is 0 Å². The molecule has 1 aromatic rings. The molecule has 5 heteroatoms. The first-order valence-corrected chi connectivity index (χ1v) is 5.82. The molecule has 0 saturated heterocycles. The van der Waals surface area contributed by atoms with Crippen molar-refractivity contribution >= 4 is 0 Å². The summed E-state index contributed by atoms with van der Waals surface area (Å²) >= 11 is 0. The molecule has 0 saturated carbocycles. The Morgan fingerprint density at radius 2 is 2.06 bits per heavy atom. The Labute approximate surface area is 97.0 Å². The first kappa shape index (κ1) is 13.1. The molecule has 1 aromatic heterocycles. The second-order valence-electron chi connectivity index (χ2n) is 4.10. The van der Waals surface area contributed by atoms with Crippen molar-refractivity contribution in [1.29, 1.82) is 0 Å². The Balaban J connectivity index is 2.77. The summed E-state index contributed by atoms with van der Waals surface area (Å²) in [6.45, 7) is 6.28. The van der Waals surface area contributed by atoms with E-state index < -0.39 is 0 Å². The molecule has 16 heavy (non-hydrogen) atoms. The van der Waals surface area contributed by atoms with Gasteiger partial charge in [-0.3, -0.25) is 0 Å². The van der Waals surface area contributed by atoms with E-state index in [1.54, 1.807) is 7.11 Å². The highest BCUT2D eigenvalue weighted by molar-refractivity contribution is 4.96. The van der Waals surface area contributed by atoms with Gasteiger partial charge in [0.15, 0.2) is 0 Å². The minimum absolute atomic E-state index is 0.428. The van der Waals surface area contributed by atoms with Crippen LogP contribution in [0.5, 0.6) is 0 Å². The third-order valence-corrected chi connectivity index (χ3v) is 2.83. The van der Waals surface area contributed by atoms with E-state index in [4.69, 9.17) is 10.5 Å². The van der Waals surface area contributed by atoms with Gasteiger partial charge in [-0.15, -0.1) is 10.2 Å². The molecule has 0 amide bonds. The molecule has 0 aliphatic carbocycles. The fourth-order valence-corrected chi connectivity index (χ4v) is 1.57. The van der Waals surface area contributed by atoms with Crippen LogP contribution in [0.1, 0.15) is 31.9 Å². The Hall–Kier alpha value is -0.940. The summed E-state index contributed by atoms with van der Waals surface area (Å²) in [6.07, 6.45) is 2.10. The van der Waals surface area contributed by atoms with Crippen LogP contribution in [-0.4, -0.2) is 28.5 Å². The number of nitrogens with two attached hydrogens (primary N) is 1. The summed E-state index contributed by atoms with van der Waals surface area (Å²) in [4.78, 5) is 0. The molecule has 1 rings (SSSR count). The molecule has 1 unspecified atom stereocenters. The lowest BCUT2D eigenvalue weighted by Gasteiger charge is -2.11. The number of hydrogen-bond acceptors (Lipinski definition) is 4. The van der Waals surface area contributed by atoms with Gasteiger partial charge in [-0.05, 0) is 5.92 Å². The molecule has 92 valence electrons. The lowest BCUT2D eigenvalue weighted by Crippen LogP contribution is -2.15. The van der Waals surface area contributed by atoms with Gasteiger partial charge in [0, 0.05) is 20.1 Å². The van der Waals surface area contributed by atoms with Gasteiger partial charge in [0.05, 0.1) is 13.2 Å². The summed E-state index contributed by atoms with van der Waals surface area (Å²) < 4.78 is 7.16. The zero-order chi connectivity index (χ0) is 12.0. The normalized spacial score (nSPS) is 13.0. The highest BCUT2D eigenvalue weighted by Gasteiger charge is 2.12. The molecule has 5 nitrogen and oxygen atoms in total. The molecule has 0 fully saturated rings. The van der Waals surface area contributed by atoms with Crippen LogP contribution in [0.4, 0.5) is 0 Å². The molecule has 0 aliphatic heterocycles. The quantitative estimate of drug-likeness (QED) is 0.752. The van der Waals surface area contributed by atoms with Crippen molar-refractivity contribution in [2.75, 3.05) is 13.7 Å². The zero-order valence-corrected chi connectivity index (χ0v) is 10.4. The third-order valence-electron chi connectivity index (χ3n) is 2.83. The molecular weight excluding hydrogens is 204 g/mol. The van der Waals surface area contributed by atoms with Crippen molar-refractivity contribution in [1.82, 2.24) is 14.8 Å². The highest BCUT2D eigenvalue weighted by atomic mass is 16.5. The van der Waals surface area contributed by atoms with Crippen molar-refractivity contribution in [3.63, 3.8) is 0 Å². The third kappa shape index (κ3) is 3.28. The summed E-state index contributed by atoms with van der Waals surface area (Å²) in [6, 6.07) is 0. The first-order valence-electron chi connectivity index (χ1n) is 5.82. The van der Waals surface area contributed by atoms with E-state index in [9.17, 15) is 0 Å². The lowest BCUT2D eigenvalue weighted by atomic mass is 10.1. The maximum Gasteiger partial charge on any atom is 0.146 e. The predicted octanol–water partition coefficient (Wildman–Crippen LogP) is 0.972. The van der Waals surface area contributed by atoms with Crippen LogP contribution in [0.25, 0.3) is 0 Å². The molecule has 1 atom stereocenters. The molecular formula is C11H22N4O. The summed E-state index contributed by atoms with van der Waals surface area (Å²) in [5, 5.41) is 8.31. The maximum atomic E-state index is 5.63. The smallest absolute Gasteiger partial charge is 0.146 e. The van der Waals surface area contributed by atoms with E-state index in [1.807, 2.05) is 0 Å². The second-order valence-corrected chi connectivity index (χ2v) is 4.10. The van der Waals surface area contributed by atoms with Crippen LogP contribution < -0.4 is 5.73 Å². The van der Waals surface area contributed by atoms with Crippen LogP contribution >= 0.6 is 0 Å². The van der Waals surface area contributed by atoms with E-state index in [1.165, 1.54) is 0 Å². The topological polar surface area (TPSA) is 66.0 Å². The molecule has 0 radical (unpaired) electrons. The summed E-state index contributed by atoms with van der Waals surface area (Å²) in [5.41, 5.74) is 5.63. The average Bonchev–Trinajstić information content (AvgIpc) is 2.68. The van der Waals surface area contributed by atoms with Gasteiger partial charge in [-0.2, -0.15) is 0 Å². The largest absolute Gasteiger partial charge is 0.383 e. The molecule has 0 aliphatic rings. The highest BCUT2D eigenvalue weighted by Crippen LogP contribution is 2.11. The van der Waals surface area contributed by atoms with Gasteiger partial charge in [0.1, 0.15) is 11.6 Å². The van der Waals surface area contributed by atoms with Gasteiger partial charge in [0.2, 0.25) is 0 Å². The molecule has 1 heterocycles. The number of nitrogens with zero attached hydrogens (tertiary/aromatic N) is 3. The zero-order valence-electron chi connectivity index (χ0n) is 10.4. The number of aromatic nitrogens is 3. The van der Waals surface area contributed by atoms with Crippen LogP contribution in [0.15, 0.2) is 0 Å². The van der Waals surface area contributed by atoms with Gasteiger partial charge in [-0.25, -0.2) is 0 Å². The molecule has 2 N–H and O–H groups in total. The Kier molecular flexibility index (Phi) is 5.42.